The van der Waals surface area contributed by atoms with Gasteiger partial charge in [0.1, 0.15) is 0 Å². The number of nitrogens with one attached hydrogen (secondary N) is 1. The van der Waals surface area contributed by atoms with E-state index >= 15 is 0 Å². The van der Waals surface area contributed by atoms with Gasteiger partial charge in [-0.1, -0.05) is 6.92 Å². The number of likely N-dealkylation sites (N-methyl/N-ethyl adjacent to an activating group) is 1. The summed E-state index contributed by atoms with van der Waals surface area (Å²) >= 11 is 1.75. The van der Waals surface area contributed by atoms with Gasteiger partial charge < -0.3 is 15.0 Å². The molecule has 5 heteroatoms. The first-order valence-corrected chi connectivity index (χ1v) is 7.43. The maximum absolute atomic E-state index is 5.54. The van der Waals surface area contributed by atoms with E-state index in [2.05, 4.69) is 43.0 Å². The molecule has 0 saturated heterocycles. The molecule has 0 amide bonds. The molecule has 4 nitrogen and oxygen atoms in total. The van der Waals surface area contributed by atoms with E-state index in [0.29, 0.717) is 6.10 Å². The van der Waals surface area contributed by atoms with Crippen LogP contribution < -0.4 is 10.2 Å². The Kier molecular flexibility index (Phi) is 7.23. The third-order valence-corrected chi connectivity index (χ3v) is 3.58. The lowest BCUT2D eigenvalue weighted by atomic mass is 10.4. The Labute approximate surface area is 114 Å². The zero-order valence-corrected chi connectivity index (χ0v) is 12.7. The standard InChI is InChI=1S/C13H25N3OS/c1-5-6-14-9-12-10-15-13(18-12)16(4)7-8-17-11(2)3/h10-11,14H,5-9H2,1-4H3. The van der Waals surface area contributed by atoms with Crippen LogP contribution in [0.4, 0.5) is 5.13 Å². The van der Waals surface area contributed by atoms with Crippen molar-refractivity contribution in [2.24, 2.45) is 0 Å². The fraction of sp³-hybridized carbons (Fsp3) is 0.769. The van der Waals surface area contributed by atoms with Crippen LogP contribution >= 0.6 is 11.3 Å². The smallest absolute Gasteiger partial charge is 0.185 e. The normalized spacial score (nSPS) is 11.2. The lowest BCUT2D eigenvalue weighted by Crippen LogP contribution is -2.23. The van der Waals surface area contributed by atoms with Gasteiger partial charge in [0.05, 0.1) is 12.7 Å². The van der Waals surface area contributed by atoms with E-state index < -0.39 is 0 Å². The van der Waals surface area contributed by atoms with Crippen LogP contribution in [0.5, 0.6) is 0 Å². The van der Waals surface area contributed by atoms with Crippen molar-refractivity contribution in [3.05, 3.63) is 11.1 Å². The van der Waals surface area contributed by atoms with Crippen molar-refractivity contribution in [2.75, 3.05) is 31.6 Å². The Morgan fingerprint density at radius 3 is 2.94 bits per heavy atom. The number of nitrogens with zero attached hydrogens (tertiary/aromatic N) is 2. The summed E-state index contributed by atoms with van der Waals surface area (Å²) in [6, 6.07) is 0. The van der Waals surface area contributed by atoms with Gasteiger partial charge in [-0.15, -0.1) is 11.3 Å². The van der Waals surface area contributed by atoms with Crippen LogP contribution in [-0.4, -0.2) is 37.8 Å². The molecule has 0 atom stereocenters. The van der Waals surface area contributed by atoms with Crippen molar-refractivity contribution in [1.82, 2.24) is 10.3 Å². The molecule has 0 unspecified atom stereocenters. The minimum Gasteiger partial charge on any atom is -0.377 e. The van der Waals surface area contributed by atoms with Crippen molar-refractivity contribution in [3.63, 3.8) is 0 Å². The minimum atomic E-state index is 0.295. The Bertz CT molecular complexity index is 328. The molecule has 18 heavy (non-hydrogen) atoms. The van der Waals surface area contributed by atoms with E-state index in [-0.39, 0.29) is 0 Å². The lowest BCUT2D eigenvalue weighted by molar-refractivity contribution is 0.0846. The summed E-state index contributed by atoms with van der Waals surface area (Å²) in [5.41, 5.74) is 0. The van der Waals surface area contributed by atoms with Crippen LogP contribution in [0.3, 0.4) is 0 Å². The molecule has 0 radical (unpaired) electrons. The monoisotopic (exact) mass is 271 g/mol. The minimum absolute atomic E-state index is 0.295. The number of rotatable bonds is 9. The molecule has 1 aromatic heterocycles. The predicted molar refractivity (Wildman–Crippen MR) is 78.5 cm³/mol. The van der Waals surface area contributed by atoms with Gasteiger partial charge in [0.2, 0.25) is 0 Å². The second kappa shape index (κ2) is 8.45. The molecular formula is C13H25N3OS. The Morgan fingerprint density at radius 2 is 2.28 bits per heavy atom. The summed E-state index contributed by atoms with van der Waals surface area (Å²) in [4.78, 5) is 7.88. The average molecular weight is 271 g/mol. The highest BCUT2D eigenvalue weighted by Crippen LogP contribution is 2.21. The molecule has 1 N–H and O–H groups in total. The lowest BCUT2D eigenvalue weighted by Gasteiger charge is -2.16. The number of anilines is 1. The van der Waals surface area contributed by atoms with E-state index in [1.54, 1.807) is 11.3 Å². The molecule has 0 aliphatic carbocycles. The molecule has 0 aliphatic rings. The molecule has 104 valence electrons. The summed E-state index contributed by atoms with van der Waals surface area (Å²) in [5.74, 6) is 0. The van der Waals surface area contributed by atoms with Crippen molar-refractivity contribution < 1.29 is 4.74 Å². The fourth-order valence-corrected chi connectivity index (χ4v) is 2.33. The SMILES string of the molecule is CCCNCc1cnc(N(C)CCOC(C)C)s1. The highest BCUT2D eigenvalue weighted by Gasteiger charge is 2.07. The summed E-state index contributed by atoms with van der Waals surface area (Å²) < 4.78 is 5.54. The Hall–Kier alpha value is -0.650. The summed E-state index contributed by atoms with van der Waals surface area (Å²) in [7, 11) is 2.06. The summed E-state index contributed by atoms with van der Waals surface area (Å²) in [6.07, 6.45) is 3.42. The predicted octanol–water partition coefficient (Wildman–Crippen LogP) is 2.50. The van der Waals surface area contributed by atoms with E-state index in [0.717, 1.165) is 37.8 Å². The van der Waals surface area contributed by atoms with Crippen LogP contribution in [0.2, 0.25) is 0 Å². The van der Waals surface area contributed by atoms with Crippen molar-refractivity contribution >= 4 is 16.5 Å². The first-order chi connectivity index (χ1) is 8.63. The second-order valence-corrected chi connectivity index (χ2v) is 5.72. The highest BCUT2D eigenvalue weighted by molar-refractivity contribution is 7.15. The van der Waals surface area contributed by atoms with Gasteiger partial charge in [-0.05, 0) is 26.8 Å². The van der Waals surface area contributed by atoms with Crippen molar-refractivity contribution in [3.8, 4) is 0 Å². The third kappa shape index (κ3) is 5.80. The van der Waals surface area contributed by atoms with Gasteiger partial charge >= 0.3 is 0 Å². The number of thiazole rings is 1. The molecular weight excluding hydrogens is 246 g/mol. The first kappa shape index (κ1) is 15.4. The number of hydrogen-bond donors (Lipinski definition) is 1. The van der Waals surface area contributed by atoms with Crippen LogP contribution in [0.15, 0.2) is 6.20 Å². The third-order valence-electron chi connectivity index (χ3n) is 2.47. The molecule has 0 fully saturated rings. The highest BCUT2D eigenvalue weighted by atomic mass is 32.1. The van der Waals surface area contributed by atoms with E-state index in [9.17, 15) is 0 Å². The van der Waals surface area contributed by atoms with Crippen LogP contribution in [0.1, 0.15) is 32.1 Å². The topological polar surface area (TPSA) is 37.4 Å². The number of ether oxygens (including phenoxy) is 1. The Morgan fingerprint density at radius 1 is 1.50 bits per heavy atom. The largest absolute Gasteiger partial charge is 0.377 e. The second-order valence-electron chi connectivity index (χ2n) is 4.63. The van der Waals surface area contributed by atoms with E-state index in [1.807, 2.05) is 6.20 Å². The van der Waals surface area contributed by atoms with E-state index in [4.69, 9.17) is 4.74 Å². The molecule has 0 saturated carbocycles. The maximum atomic E-state index is 5.54. The molecule has 1 rings (SSSR count). The fourth-order valence-electron chi connectivity index (χ4n) is 1.46. The van der Waals surface area contributed by atoms with Gasteiger partial charge in [0.25, 0.3) is 0 Å². The van der Waals surface area contributed by atoms with Crippen LogP contribution in [-0.2, 0) is 11.3 Å². The zero-order valence-electron chi connectivity index (χ0n) is 11.9. The van der Waals surface area contributed by atoms with Gasteiger partial charge in [-0.2, -0.15) is 0 Å². The van der Waals surface area contributed by atoms with Crippen LogP contribution in [0, 0.1) is 0 Å². The quantitative estimate of drug-likeness (QED) is 0.700. The molecule has 1 heterocycles. The Balaban J connectivity index is 2.32. The first-order valence-electron chi connectivity index (χ1n) is 6.61. The maximum Gasteiger partial charge on any atom is 0.185 e. The van der Waals surface area contributed by atoms with Gasteiger partial charge in [-0.25, -0.2) is 4.98 Å². The molecule has 1 aromatic rings. The molecule has 0 aromatic carbocycles. The van der Waals surface area contributed by atoms with Gasteiger partial charge in [0.15, 0.2) is 5.13 Å². The molecule has 0 spiro atoms. The summed E-state index contributed by atoms with van der Waals surface area (Å²) in [5, 5.41) is 4.45. The van der Waals surface area contributed by atoms with Crippen molar-refractivity contribution in [1.29, 1.82) is 0 Å². The molecule has 0 bridgehead atoms. The average Bonchev–Trinajstić information content (AvgIpc) is 2.77. The number of hydrogen-bond acceptors (Lipinski definition) is 5. The molecule has 0 aliphatic heterocycles. The number of aromatic nitrogens is 1. The van der Waals surface area contributed by atoms with Gasteiger partial charge in [-0.3, -0.25) is 0 Å². The zero-order chi connectivity index (χ0) is 13.4. The van der Waals surface area contributed by atoms with Crippen molar-refractivity contribution in [2.45, 2.75) is 39.8 Å². The summed E-state index contributed by atoms with van der Waals surface area (Å²) in [6.45, 7) is 9.90. The van der Waals surface area contributed by atoms with Gasteiger partial charge in [0, 0.05) is 31.2 Å². The van der Waals surface area contributed by atoms with Crippen LogP contribution in [0.25, 0.3) is 0 Å². The van der Waals surface area contributed by atoms with E-state index in [1.165, 1.54) is 4.88 Å².